The Morgan fingerprint density at radius 1 is 1.16 bits per heavy atom. The molecule has 1 atom stereocenters. The number of carbonyl (C=O) groups excluding carboxylic acids is 1. The van der Waals surface area contributed by atoms with Crippen molar-refractivity contribution in [2.75, 3.05) is 32.7 Å². The zero-order valence-electron chi connectivity index (χ0n) is 11.1. The summed E-state index contributed by atoms with van der Waals surface area (Å²) < 4.78 is 34.4. The van der Waals surface area contributed by atoms with Crippen LogP contribution in [0.25, 0.3) is 0 Å². The molecule has 1 unspecified atom stereocenters. The summed E-state index contributed by atoms with van der Waals surface area (Å²) >= 11 is 0. The molecule has 2 saturated heterocycles. The number of carbonyl (C=O) groups is 1. The molecule has 2 aliphatic rings. The second-order valence-corrected chi connectivity index (χ2v) is 7.02. The van der Waals surface area contributed by atoms with Gasteiger partial charge in [0, 0.05) is 19.5 Å². The molecule has 5 nitrogen and oxygen atoms in total. The molecule has 2 rings (SSSR count). The first-order chi connectivity index (χ1) is 8.97. The number of unbranched alkanes of at least 4 members (excludes halogenated alkanes) is 1. The number of nitrogens with zero attached hydrogens (tertiary/aromatic N) is 2. The SMILES string of the molecule is O=C1CC(S(=O)(=O)F)CN1CCCCN1CCCC1. The first kappa shape index (κ1) is 14.7. The summed E-state index contributed by atoms with van der Waals surface area (Å²) in [6.07, 6.45) is 4.17. The molecule has 0 bridgehead atoms. The molecular weight excluding hydrogens is 271 g/mol. The minimum atomic E-state index is -4.58. The molecule has 1 amide bonds. The maximum absolute atomic E-state index is 12.8. The fraction of sp³-hybridized carbons (Fsp3) is 0.917. The highest BCUT2D eigenvalue weighted by Gasteiger charge is 2.37. The van der Waals surface area contributed by atoms with Crippen molar-refractivity contribution in [2.45, 2.75) is 37.4 Å². The fourth-order valence-electron chi connectivity index (χ4n) is 2.78. The minimum absolute atomic E-state index is 0.0153. The lowest BCUT2D eigenvalue weighted by Gasteiger charge is -2.18. The smallest absolute Gasteiger partial charge is 0.307 e. The summed E-state index contributed by atoms with van der Waals surface area (Å²) in [6.45, 7) is 3.91. The average molecular weight is 292 g/mol. The Labute approximate surface area is 114 Å². The third-order valence-electron chi connectivity index (χ3n) is 3.93. The molecule has 0 aliphatic carbocycles. The van der Waals surface area contributed by atoms with E-state index in [1.54, 1.807) is 0 Å². The topological polar surface area (TPSA) is 57.7 Å². The van der Waals surface area contributed by atoms with E-state index in [0.29, 0.717) is 6.54 Å². The average Bonchev–Trinajstić information content (AvgIpc) is 2.93. The van der Waals surface area contributed by atoms with Gasteiger partial charge in [-0.05, 0) is 45.3 Å². The van der Waals surface area contributed by atoms with Crippen molar-refractivity contribution in [3.63, 3.8) is 0 Å². The lowest BCUT2D eigenvalue weighted by Crippen LogP contribution is -2.29. The molecule has 0 aromatic heterocycles. The summed E-state index contributed by atoms with van der Waals surface area (Å²) in [6, 6.07) is 0. The Morgan fingerprint density at radius 3 is 2.37 bits per heavy atom. The largest absolute Gasteiger partial charge is 0.341 e. The van der Waals surface area contributed by atoms with Crippen molar-refractivity contribution in [1.29, 1.82) is 0 Å². The van der Waals surface area contributed by atoms with E-state index in [-0.39, 0.29) is 18.9 Å². The fourth-order valence-corrected chi connectivity index (χ4v) is 3.48. The second kappa shape index (κ2) is 6.17. The summed E-state index contributed by atoms with van der Waals surface area (Å²) in [5.41, 5.74) is 0. The summed E-state index contributed by atoms with van der Waals surface area (Å²) in [5, 5.41) is -1.15. The number of hydrogen-bond donors (Lipinski definition) is 0. The van der Waals surface area contributed by atoms with Crippen molar-refractivity contribution < 1.29 is 17.1 Å². The molecule has 0 saturated carbocycles. The van der Waals surface area contributed by atoms with Crippen molar-refractivity contribution in [1.82, 2.24) is 9.80 Å². The lowest BCUT2D eigenvalue weighted by molar-refractivity contribution is -0.127. The molecule has 2 fully saturated rings. The van der Waals surface area contributed by atoms with Crippen LogP contribution in [0.4, 0.5) is 3.89 Å². The molecule has 7 heteroatoms. The lowest BCUT2D eigenvalue weighted by atomic mass is 10.3. The summed E-state index contributed by atoms with van der Waals surface area (Å²) in [4.78, 5) is 15.4. The van der Waals surface area contributed by atoms with Crippen LogP contribution in [0.3, 0.4) is 0 Å². The van der Waals surface area contributed by atoms with Crippen molar-refractivity contribution in [3.05, 3.63) is 0 Å². The molecular formula is C12H21FN2O3S. The van der Waals surface area contributed by atoms with E-state index in [1.807, 2.05) is 0 Å². The first-order valence-electron chi connectivity index (χ1n) is 6.90. The van der Waals surface area contributed by atoms with Crippen LogP contribution in [0.1, 0.15) is 32.1 Å². The van der Waals surface area contributed by atoms with E-state index in [1.165, 1.54) is 17.7 Å². The number of amides is 1. The quantitative estimate of drug-likeness (QED) is 0.536. The molecule has 0 N–H and O–H groups in total. The molecule has 0 spiro atoms. The molecule has 0 aromatic rings. The van der Waals surface area contributed by atoms with Gasteiger partial charge in [0.25, 0.3) is 0 Å². The predicted octanol–water partition coefficient (Wildman–Crippen LogP) is 0.763. The molecule has 0 aromatic carbocycles. The third kappa shape index (κ3) is 4.14. The van der Waals surface area contributed by atoms with Crippen molar-refractivity contribution in [2.24, 2.45) is 0 Å². The maximum Gasteiger partial charge on any atom is 0.307 e. The Bertz CT molecular complexity index is 421. The van der Waals surface area contributed by atoms with Crippen molar-refractivity contribution >= 4 is 16.1 Å². The summed E-state index contributed by atoms with van der Waals surface area (Å²) in [7, 11) is -4.58. The van der Waals surface area contributed by atoms with E-state index >= 15 is 0 Å². The van der Waals surface area contributed by atoms with E-state index in [9.17, 15) is 17.1 Å². The van der Waals surface area contributed by atoms with Gasteiger partial charge in [-0.2, -0.15) is 8.42 Å². The zero-order valence-corrected chi connectivity index (χ0v) is 11.9. The van der Waals surface area contributed by atoms with Crippen LogP contribution in [0.2, 0.25) is 0 Å². The van der Waals surface area contributed by atoms with E-state index in [4.69, 9.17) is 0 Å². The monoisotopic (exact) mass is 292 g/mol. The number of hydrogen-bond acceptors (Lipinski definition) is 4. The first-order valence-corrected chi connectivity index (χ1v) is 8.35. The highest BCUT2D eigenvalue weighted by Crippen LogP contribution is 2.20. The molecule has 0 radical (unpaired) electrons. The Balaban J connectivity index is 1.67. The maximum atomic E-state index is 12.8. The van der Waals surface area contributed by atoms with Crippen LogP contribution in [0.5, 0.6) is 0 Å². The van der Waals surface area contributed by atoms with Crippen LogP contribution < -0.4 is 0 Å². The van der Waals surface area contributed by atoms with Gasteiger partial charge in [-0.1, -0.05) is 0 Å². The van der Waals surface area contributed by atoms with Gasteiger partial charge in [-0.3, -0.25) is 4.79 Å². The molecule has 2 heterocycles. The van der Waals surface area contributed by atoms with Crippen LogP contribution in [-0.4, -0.2) is 62.1 Å². The van der Waals surface area contributed by atoms with Gasteiger partial charge in [0.2, 0.25) is 5.91 Å². The van der Waals surface area contributed by atoms with E-state index in [2.05, 4.69) is 4.90 Å². The Morgan fingerprint density at radius 2 is 1.79 bits per heavy atom. The van der Waals surface area contributed by atoms with Crippen LogP contribution >= 0.6 is 0 Å². The van der Waals surface area contributed by atoms with Gasteiger partial charge in [0.05, 0.1) is 0 Å². The molecule has 2 aliphatic heterocycles. The Hall–Kier alpha value is -0.690. The molecule has 19 heavy (non-hydrogen) atoms. The standard InChI is InChI=1S/C12H21FN2O3S/c13-19(17,18)11-9-12(16)15(10-11)8-4-3-7-14-5-1-2-6-14/h11H,1-10H2. The van der Waals surface area contributed by atoms with E-state index < -0.39 is 15.5 Å². The predicted molar refractivity (Wildman–Crippen MR) is 69.9 cm³/mol. The van der Waals surface area contributed by atoms with Gasteiger partial charge in [0.1, 0.15) is 5.25 Å². The van der Waals surface area contributed by atoms with Gasteiger partial charge in [-0.15, -0.1) is 3.89 Å². The zero-order chi connectivity index (χ0) is 13.9. The van der Waals surface area contributed by atoms with Crippen LogP contribution in [0, 0.1) is 0 Å². The minimum Gasteiger partial charge on any atom is -0.341 e. The third-order valence-corrected chi connectivity index (χ3v) is 5.04. The van der Waals surface area contributed by atoms with Crippen LogP contribution in [0.15, 0.2) is 0 Å². The number of rotatable bonds is 6. The second-order valence-electron chi connectivity index (χ2n) is 5.40. The van der Waals surface area contributed by atoms with Gasteiger partial charge in [0.15, 0.2) is 0 Å². The normalized spacial score (nSPS) is 25.4. The van der Waals surface area contributed by atoms with Crippen LogP contribution in [-0.2, 0) is 15.0 Å². The van der Waals surface area contributed by atoms with Crippen molar-refractivity contribution in [3.8, 4) is 0 Å². The highest BCUT2D eigenvalue weighted by atomic mass is 32.3. The van der Waals surface area contributed by atoms with Gasteiger partial charge < -0.3 is 9.80 Å². The number of halogens is 1. The van der Waals surface area contributed by atoms with Gasteiger partial charge in [-0.25, -0.2) is 0 Å². The van der Waals surface area contributed by atoms with E-state index in [0.717, 1.165) is 32.5 Å². The van der Waals surface area contributed by atoms with Gasteiger partial charge >= 0.3 is 10.2 Å². The highest BCUT2D eigenvalue weighted by molar-refractivity contribution is 7.87. The molecule has 110 valence electrons. The summed E-state index contributed by atoms with van der Waals surface area (Å²) in [5.74, 6) is -0.243. The Kier molecular flexibility index (Phi) is 4.78. The number of likely N-dealkylation sites (tertiary alicyclic amines) is 2.